The second-order valence-electron chi connectivity index (χ2n) is 10.7. The minimum Gasteiger partial charge on any atom is -0.481 e. The number of hydrogen-bond donors (Lipinski definition) is 3. The van der Waals surface area contributed by atoms with E-state index in [1.54, 1.807) is 0 Å². The maximum Gasteiger partial charge on any atom is 0.340 e. The van der Waals surface area contributed by atoms with Crippen LogP contribution < -0.4 is 16.3 Å². The third-order valence-corrected chi connectivity index (χ3v) is 8.85. The minimum atomic E-state index is -1.03. The molecule has 3 N–H and O–H groups in total. The molecule has 1 atom stereocenters. The summed E-state index contributed by atoms with van der Waals surface area (Å²) in [4.78, 5) is 50.1. The molecule has 2 heterocycles. The molecule has 2 aromatic heterocycles. The number of nitrogens with one attached hydrogen (secondary N) is 2. The van der Waals surface area contributed by atoms with Crippen LogP contribution in [0.15, 0.2) is 50.0 Å². The van der Waals surface area contributed by atoms with Crippen LogP contribution in [0.2, 0.25) is 0 Å². The first kappa shape index (κ1) is 29.4. The molecule has 0 bridgehead atoms. The first-order chi connectivity index (χ1) is 20.2. The van der Waals surface area contributed by atoms with Gasteiger partial charge in [-0.3, -0.25) is 14.4 Å². The van der Waals surface area contributed by atoms with Crippen LogP contribution in [0.1, 0.15) is 52.8 Å². The number of benzene rings is 2. The summed E-state index contributed by atoms with van der Waals surface area (Å²) in [6, 6.07) is 10.8. The third-order valence-electron chi connectivity index (χ3n) is 7.75. The largest absolute Gasteiger partial charge is 0.481 e. The smallest absolute Gasteiger partial charge is 0.340 e. The first-order valence-corrected chi connectivity index (χ1v) is 15.3. The Labute approximate surface area is 247 Å². The van der Waals surface area contributed by atoms with Crippen LogP contribution in [-0.2, 0) is 39.4 Å². The SMILES string of the molecule is Cc1c(CC(=O)NC(CSCc2ccccc2)C(=O)NCCC(=O)O)c(=O)oc2c(C)c3oc4c(c3cc12)CCCC4. The Morgan fingerprint density at radius 1 is 1.00 bits per heavy atom. The van der Waals surface area contributed by atoms with E-state index in [0.29, 0.717) is 16.9 Å². The number of amides is 2. The van der Waals surface area contributed by atoms with E-state index in [1.165, 1.54) is 17.3 Å². The zero-order chi connectivity index (χ0) is 29.8. The Morgan fingerprint density at radius 3 is 2.50 bits per heavy atom. The van der Waals surface area contributed by atoms with Crippen LogP contribution in [0.25, 0.3) is 21.9 Å². The fraction of sp³-hybridized carbons (Fsp3) is 0.375. The van der Waals surface area contributed by atoms with Gasteiger partial charge in [0.25, 0.3) is 0 Å². The average Bonchev–Trinajstić information content (AvgIpc) is 3.35. The number of furan rings is 1. The van der Waals surface area contributed by atoms with Gasteiger partial charge >= 0.3 is 11.6 Å². The Bertz CT molecular complexity index is 1710. The third kappa shape index (κ3) is 6.38. The summed E-state index contributed by atoms with van der Waals surface area (Å²) in [6.07, 6.45) is 3.53. The van der Waals surface area contributed by atoms with Crippen LogP contribution in [-0.4, -0.2) is 41.2 Å². The van der Waals surface area contributed by atoms with E-state index in [2.05, 4.69) is 10.6 Å². The summed E-state index contributed by atoms with van der Waals surface area (Å²) >= 11 is 1.47. The number of rotatable bonds is 11. The van der Waals surface area contributed by atoms with Gasteiger partial charge in [0.2, 0.25) is 11.8 Å². The normalized spacial score (nSPS) is 13.6. The number of fused-ring (bicyclic) bond motifs is 4. The molecule has 0 spiro atoms. The van der Waals surface area contributed by atoms with Gasteiger partial charge in [0.15, 0.2) is 0 Å². The Balaban J connectivity index is 1.36. The number of thioether (sulfide) groups is 1. The molecule has 0 fully saturated rings. The lowest BCUT2D eigenvalue weighted by molar-refractivity contribution is -0.137. The zero-order valence-corrected chi connectivity index (χ0v) is 24.5. The fourth-order valence-electron chi connectivity index (χ4n) is 5.49. The van der Waals surface area contributed by atoms with E-state index in [4.69, 9.17) is 13.9 Å². The zero-order valence-electron chi connectivity index (χ0n) is 23.7. The van der Waals surface area contributed by atoms with Gasteiger partial charge in [0, 0.05) is 46.4 Å². The van der Waals surface area contributed by atoms with Gasteiger partial charge in [-0.1, -0.05) is 30.3 Å². The number of carbonyl (C=O) groups is 3. The highest BCUT2D eigenvalue weighted by atomic mass is 32.2. The van der Waals surface area contributed by atoms with Crippen molar-refractivity contribution in [3.05, 3.63) is 80.4 Å². The molecule has 0 saturated heterocycles. The lowest BCUT2D eigenvalue weighted by Gasteiger charge is -2.18. The van der Waals surface area contributed by atoms with E-state index in [0.717, 1.165) is 58.9 Å². The summed E-state index contributed by atoms with van der Waals surface area (Å²) in [5.74, 6) is -0.109. The van der Waals surface area contributed by atoms with Gasteiger partial charge in [-0.15, -0.1) is 0 Å². The molecule has 1 aliphatic carbocycles. The molecule has 220 valence electrons. The maximum atomic E-state index is 13.2. The number of carbonyl (C=O) groups excluding carboxylic acids is 2. The molecule has 9 nitrogen and oxygen atoms in total. The molecule has 0 radical (unpaired) electrons. The summed E-state index contributed by atoms with van der Waals surface area (Å²) in [5, 5.41) is 16.1. The van der Waals surface area contributed by atoms with E-state index in [1.807, 2.05) is 50.2 Å². The van der Waals surface area contributed by atoms with Gasteiger partial charge in [0.05, 0.1) is 18.4 Å². The fourth-order valence-corrected chi connectivity index (χ4v) is 6.51. The van der Waals surface area contributed by atoms with Crippen molar-refractivity contribution in [1.29, 1.82) is 0 Å². The van der Waals surface area contributed by atoms with Crippen LogP contribution in [0.3, 0.4) is 0 Å². The van der Waals surface area contributed by atoms with Crippen molar-refractivity contribution in [3.8, 4) is 0 Å². The van der Waals surface area contributed by atoms with Gasteiger partial charge in [0.1, 0.15) is 23.0 Å². The Kier molecular flexibility index (Phi) is 9.01. The molecule has 10 heteroatoms. The van der Waals surface area contributed by atoms with Crippen molar-refractivity contribution in [1.82, 2.24) is 10.6 Å². The molecule has 0 saturated carbocycles. The lowest BCUT2D eigenvalue weighted by Crippen LogP contribution is -2.49. The molecule has 2 amide bonds. The number of aliphatic carboxylic acids is 1. The number of hydrogen-bond acceptors (Lipinski definition) is 7. The molecule has 42 heavy (non-hydrogen) atoms. The lowest BCUT2D eigenvalue weighted by atomic mass is 9.93. The number of carboxylic acid groups (broad SMARTS) is 1. The molecular formula is C32H34N2O7S. The van der Waals surface area contributed by atoms with Crippen molar-refractivity contribution in [2.24, 2.45) is 0 Å². The highest BCUT2D eigenvalue weighted by Crippen LogP contribution is 2.38. The number of carboxylic acids is 1. The van der Waals surface area contributed by atoms with Crippen molar-refractivity contribution in [2.75, 3.05) is 12.3 Å². The molecule has 0 aliphatic heterocycles. The molecule has 5 rings (SSSR count). The van der Waals surface area contributed by atoms with Crippen LogP contribution in [0.4, 0.5) is 0 Å². The average molecular weight is 591 g/mol. The predicted octanol–water partition coefficient (Wildman–Crippen LogP) is 4.59. The first-order valence-electron chi connectivity index (χ1n) is 14.1. The minimum absolute atomic E-state index is 0.0528. The molecule has 2 aromatic carbocycles. The van der Waals surface area contributed by atoms with Gasteiger partial charge in [-0.25, -0.2) is 4.79 Å². The molecule has 1 aliphatic rings. The summed E-state index contributed by atoms with van der Waals surface area (Å²) in [7, 11) is 0. The molecule has 1 unspecified atom stereocenters. The number of aryl methyl sites for hydroxylation is 4. The molecular weight excluding hydrogens is 556 g/mol. The van der Waals surface area contributed by atoms with Crippen molar-refractivity contribution < 1.29 is 28.3 Å². The monoisotopic (exact) mass is 590 g/mol. The standard InChI is InChI=1S/C32H34N2O7S/c1-18-22-14-24-21-10-6-7-11-26(21)40-30(24)19(2)29(22)41-32(39)23(18)15-27(35)34-25(31(38)33-13-12-28(36)37)17-42-16-20-8-4-3-5-9-20/h3-5,8-9,14,25H,6-7,10-13,15-17H2,1-2H3,(H,33,38)(H,34,35)(H,36,37). The van der Waals surface area contributed by atoms with Crippen LogP contribution >= 0.6 is 11.8 Å². The van der Waals surface area contributed by atoms with Gasteiger partial charge < -0.3 is 24.6 Å². The highest BCUT2D eigenvalue weighted by molar-refractivity contribution is 7.98. The van der Waals surface area contributed by atoms with Crippen molar-refractivity contribution >= 4 is 51.5 Å². The Hall–Kier alpha value is -4.05. The summed E-state index contributed by atoms with van der Waals surface area (Å²) in [6.45, 7) is 3.64. The summed E-state index contributed by atoms with van der Waals surface area (Å²) < 4.78 is 11.9. The van der Waals surface area contributed by atoms with Gasteiger partial charge in [-0.05, 0) is 50.3 Å². The second kappa shape index (κ2) is 12.9. The topological polar surface area (TPSA) is 139 Å². The van der Waals surface area contributed by atoms with Crippen molar-refractivity contribution in [2.45, 2.75) is 64.2 Å². The second-order valence-corrected chi connectivity index (χ2v) is 11.7. The van der Waals surface area contributed by atoms with Crippen molar-refractivity contribution in [3.63, 3.8) is 0 Å². The maximum absolute atomic E-state index is 13.2. The van der Waals surface area contributed by atoms with E-state index in [-0.39, 0.29) is 30.7 Å². The van der Waals surface area contributed by atoms with E-state index >= 15 is 0 Å². The van der Waals surface area contributed by atoms with E-state index in [9.17, 15) is 19.2 Å². The van der Waals surface area contributed by atoms with E-state index < -0.39 is 29.5 Å². The van der Waals surface area contributed by atoms with Gasteiger partial charge in [-0.2, -0.15) is 11.8 Å². The quantitative estimate of drug-likeness (QED) is 0.216. The Morgan fingerprint density at radius 2 is 1.74 bits per heavy atom. The highest BCUT2D eigenvalue weighted by Gasteiger charge is 2.25. The van der Waals surface area contributed by atoms with Crippen LogP contribution in [0, 0.1) is 13.8 Å². The predicted molar refractivity (Wildman–Crippen MR) is 162 cm³/mol. The summed E-state index contributed by atoms with van der Waals surface area (Å²) in [5.41, 5.74) is 4.53. The molecule has 4 aromatic rings. The van der Waals surface area contributed by atoms with Crippen LogP contribution in [0.5, 0.6) is 0 Å².